The topological polar surface area (TPSA) is 48.4 Å². The van der Waals surface area contributed by atoms with Crippen molar-refractivity contribution >= 4 is 5.78 Å². The predicted octanol–water partition coefficient (Wildman–Crippen LogP) is 3.30. The number of carbonyl (C=O) groups is 1. The van der Waals surface area contributed by atoms with E-state index in [-0.39, 0.29) is 11.9 Å². The van der Waals surface area contributed by atoms with Crippen LogP contribution in [0.4, 0.5) is 0 Å². The molecule has 1 heterocycles. The average molecular weight is 285 g/mol. The number of aromatic nitrogens is 1. The van der Waals surface area contributed by atoms with Gasteiger partial charge in [0.2, 0.25) is 5.88 Å². The Morgan fingerprint density at radius 2 is 1.86 bits per heavy atom. The number of Topliss-reactive ketones (excluding diaryl/α,β-unsaturated/α-hetero) is 1. The molecule has 0 fully saturated rings. The van der Waals surface area contributed by atoms with Crippen LogP contribution in [0.15, 0.2) is 42.6 Å². The number of rotatable bonds is 6. The van der Waals surface area contributed by atoms with Crippen molar-refractivity contribution in [1.82, 2.24) is 4.98 Å². The van der Waals surface area contributed by atoms with Gasteiger partial charge in [-0.05, 0) is 43.7 Å². The summed E-state index contributed by atoms with van der Waals surface area (Å²) in [4.78, 5) is 16.3. The molecule has 1 aromatic carbocycles. The van der Waals surface area contributed by atoms with E-state index in [0.29, 0.717) is 17.9 Å². The Balaban J connectivity index is 2.02. The molecule has 0 N–H and O–H groups in total. The summed E-state index contributed by atoms with van der Waals surface area (Å²) < 4.78 is 10.6. The average Bonchev–Trinajstić information content (AvgIpc) is 2.48. The minimum absolute atomic E-state index is 0.0538. The van der Waals surface area contributed by atoms with Crippen molar-refractivity contribution in [3.05, 3.63) is 53.7 Å². The highest BCUT2D eigenvalue weighted by molar-refractivity contribution is 5.97. The van der Waals surface area contributed by atoms with Crippen LogP contribution in [0.5, 0.6) is 11.6 Å². The Bertz CT molecular complexity index is 588. The number of benzene rings is 1. The maximum absolute atomic E-state index is 12.2. The van der Waals surface area contributed by atoms with Gasteiger partial charge in [0.15, 0.2) is 5.78 Å². The summed E-state index contributed by atoms with van der Waals surface area (Å²) in [5, 5.41) is 0. The van der Waals surface area contributed by atoms with E-state index in [1.165, 1.54) is 0 Å². The molecule has 0 aliphatic heterocycles. The van der Waals surface area contributed by atoms with E-state index < -0.39 is 0 Å². The van der Waals surface area contributed by atoms with Crippen molar-refractivity contribution in [2.45, 2.75) is 26.4 Å². The van der Waals surface area contributed by atoms with Crippen molar-refractivity contribution in [2.24, 2.45) is 0 Å². The van der Waals surface area contributed by atoms with Crippen LogP contribution >= 0.6 is 0 Å². The Labute approximate surface area is 124 Å². The number of methoxy groups -OCH3 is 1. The van der Waals surface area contributed by atoms with Crippen LogP contribution in [0.3, 0.4) is 0 Å². The molecule has 0 saturated carbocycles. The Hall–Kier alpha value is -2.36. The Morgan fingerprint density at radius 1 is 1.14 bits per heavy atom. The number of nitrogens with zero attached hydrogens (tertiary/aromatic N) is 1. The first-order chi connectivity index (χ1) is 10.1. The van der Waals surface area contributed by atoms with Gasteiger partial charge in [0, 0.05) is 24.2 Å². The molecule has 4 heteroatoms. The SMILES string of the molecule is COc1ccc(CC(=O)c2ccc(OC(C)C)cc2)cn1. The fraction of sp³-hybridized carbons (Fsp3) is 0.294. The van der Waals surface area contributed by atoms with E-state index >= 15 is 0 Å². The van der Waals surface area contributed by atoms with Gasteiger partial charge >= 0.3 is 0 Å². The number of hydrogen-bond acceptors (Lipinski definition) is 4. The second-order valence-electron chi connectivity index (χ2n) is 5.00. The van der Waals surface area contributed by atoms with Gasteiger partial charge in [-0.15, -0.1) is 0 Å². The molecule has 1 aromatic heterocycles. The first kappa shape index (κ1) is 15.0. The van der Waals surface area contributed by atoms with Crippen LogP contribution in [0, 0.1) is 0 Å². The number of ketones is 1. The Morgan fingerprint density at radius 3 is 2.38 bits per heavy atom. The fourth-order valence-corrected chi connectivity index (χ4v) is 1.92. The third kappa shape index (κ3) is 4.31. The Kier molecular flexibility index (Phi) is 4.93. The van der Waals surface area contributed by atoms with Gasteiger partial charge in [0.25, 0.3) is 0 Å². The third-order valence-corrected chi connectivity index (χ3v) is 2.92. The molecule has 2 rings (SSSR count). The van der Waals surface area contributed by atoms with Crippen molar-refractivity contribution in [2.75, 3.05) is 7.11 Å². The first-order valence-corrected chi connectivity index (χ1v) is 6.87. The summed E-state index contributed by atoms with van der Waals surface area (Å²) in [6.07, 6.45) is 2.10. The van der Waals surface area contributed by atoms with E-state index in [4.69, 9.17) is 9.47 Å². The lowest BCUT2D eigenvalue weighted by atomic mass is 10.0. The van der Waals surface area contributed by atoms with Gasteiger partial charge in [0.05, 0.1) is 13.2 Å². The molecule has 0 spiro atoms. The molecule has 0 unspecified atom stereocenters. The molecule has 0 saturated heterocycles. The molecule has 2 aromatic rings. The second-order valence-corrected chi connectivity index (χ2v) is 5.00. The zero-order chi connectivity index (χ0) is 15.2. The van der Waals surface area contributed by atoms with Crippen molar-refractivity contribution in [1.29, 1.82) is 0 Å². The number of ether oxygens (including phenoxy) is 2. The molecule has 4 nitrogen and oxygen atoms in total. The third-order valence-electron chi connectivity index (χ3n) is 2.92. The van der Waals surface area contributed by atoms with Gasteiger partial charge in [-0.3, -0.25) is 4.79 Å². The highest BCUT2D eigenvalue weighted by Gasteiger charge is 2.08. The zero-order valence-corrected chi connectivity index (χ0v) is 12.5. The molecule has 0 amide bonds. The minimum atomic E-state index is 0.0538. The highest BCUT2D eigenvalue weighted by atomic mass is 16.5. The molecule has 110 valence electrons. The summed E-state index contributed by atoms with van der Waals surface area (Å²) in [6, 6.07) is 10.8. The second kappa shape index (κ2) is 6.88. The standard InChI is InChI=1S/C17H19NO3/c1-12(2)21-15-7-5-14(6-8-15)16(19)10-13-4-9-17(20-3)18-11-13/h4-9,11-12H,10H2,1-3H3. The maximum Gasteiger partial charge on any atom is 0.212 e. The van der Waals surface area contributed by atoms with E-state index in [2.05, 4.69) is 4.98 Å². The van der Waals surface area contributed by atoms with Crippen molar-refractivity contribution < 1.29 is 14.3 Å². The van der Waals surface area contributed by atoms with E-state index in [1.54, 1.807) is 31.5 Å². The molecule has 0 aliphatic rings. The first-order valence-electron chi connectivity index (χ1n) is 6.87. The normalized spacial score (nSPS) is 10.5. The highest BCUT2D eigenvalue weighted by Crippen LogP contribution is 2.16. The van der Waals surface area contributed by atoms with E-state index in [1.807, 2.05) is 32.0 Å². The summed E-state index contributed by atoms with van der Waals surface area (Å²) in [5.41, 5.74) is 1.53. The largest absolute Gasteiger partial charge is 0.491 e. The van der Waals surface area contributed by atoms with Crippen molar-refractivity contribution in [3.63, 3.8) is 0 Å². The molecule has 0 bridgehead atoms. The van der Waals surface area contributed by atoms with Gasteiger partial charge in [-0.25, -0.2) is 4.98 Å². The fourth-order valence-electron chi connectivity index (χ4n) is 1.92. The number of carbonyl (C=O) groups excluding carboxylic acids is 1. The molecule has 0 radical (unpaired) electrons. The van der Waals surface area contributed by atoms with Gasteiger partial charge in [-0.1, -0.05) is 6.07 Å². The summed E-state index contributed by atoms with van der Waals surface area (Å²) >= 11 is 0. The number of hydrogen-bond donors (Lipinski definition) is 0. The van der Waals surface area contributed by atoms with Crippen LogP contribution in [-0.2, 0) is 6.42 Å². The quantitative estimate of drug-likeness (QED) is 0.764. The smallest absolute Gasteiger partial charge is 0.212 e. The van der Waals surface area contributed by atoms with Crippen LogP contribution in [0.1, 0.15) is 29.8 Å². The lowest BCUT2D eigenvalue weighted by Crippen LogP contribution is -2.07. The zero-order valence-electron chi connectivity index (χ0n) is 12.5. The van der Waals surface area contributed by atoms with Crippen LogP contribution in [0.2, 0.25) is 0 Å². The van der Waals surface area contributed by atoms with Crippen molar-refractivity contribution in [3.8, 4) is 11.6 Å². The predicted molar refractivity (Wildman–Crippen MR) is 81.0 cm³/mol. The lowest BCUT2D eigenvalue weighted by Gasteiger charge is -2.09. The minimum Gasteiger partial charge on any atom is -0.491 e. The summed E-state index contributed by atoms with van der Waals surface area (Å²) in [6.45, 7) is 3.94. The van der Waals surface area contributed by atoms with Gasteiger partial charge in [0.1, 0.15) is 5.75 Å². The molecule has 0 atom stereocenters. The lowest BCUT2D eigenvalue weighted by molar-refractivity contribution is 0.0993. The summed E-state index contributed by atoms with van der Waals surface area (Å²) in [7, 11) is 1.56. The molecular formula is C17H19NO3. The van der Waals surface area contributed by atoms with E-state index in [0.717, 1.165) is 11.3 Å². The maximum atomic E-state index is 12.2. The van der Waals surface area contributed by atoms with Crippen LogP contribution in [0.25, 0.3) is 0 Å². The van der Waals surface area contributed by atoms with Crippen LogP contribution < -0.4 is 9.47 Å². The monoisotopic (exact) mass is 285 g/mol. The van der Waals surface area contributed by atoms with Gasteiger partial charge < -0.3 is 9.47 Å². The number of pyridine rings is 1. The molecular weight excluding hydrogens is 266 g/mol. The van der Waals surface area contributed by atoms with Crippen LogP contribution in [-0.4, -0.2) is 24.0 Å². The molecule has 0 aliphatic carbocycles. The summed E-state index contributed by atoms with van der Waals surface area (Å²) in [5.74, 6) is 1.37. The molecule has 21 heavy (non-hydrogen) atoms. The van der Waals surface area contributed by atoms with Gasteiger partial charge in [-0.2, -0.15) is 0 Å². The van der Waals surface area contributed by atoms with E-state index in [9.17, 15) is 4.79 Å².